The Bertz CT molecular complexity index is 801. The first kappa shape index (κ1) is 14.1. The van der Waals surface area contributed by atoms with Crippen molar-refractivity contribution in [3.63, 3.8) is 0 Å². The second kappa shape index (κ2) is 5.30. The molecule has 0 spiro atoms. The minimum absolute atomic E-state index is 0.577. The Hall–Kier alpha value is -1.50. The highest BCUT2D eigenvalue weighted by Gasteiger charge is 2.26. The van der Waals surface area contributed by atoms with Gasteiger partial charge in [0.2, 0.25) is 0 Å². The molecule has 0 amide bonds. The van der Waals surface area contributed by atoms with Crippen molar-refractivity contribution >= 4 is 37.9 Å². The Balaban J connectivity index is 1.80. The van der Waals surface area contributed by atoms with Crippen LogP contribution in [0.2, 0.25) is 0 Å². The summed E-state index contributed by atoms with van der Waals surface area (Å²) in [6.45, 7) is 6.61. The summed E-state index contributed by atoms with van der Waals surface area (Å²) in [5.74, 6) is 0. The smallest absolute Gasteiger partial charge is 0.127 e. The second-order valence-corrected chi connectivity index (χ2v) is 8.09. The summed E-state index contributed by atoms with van der Waals surface area (Å²) >= 11 is 3.44. The van der Waals surface area contributed by atoms with Crippen LogP contribution < -0.4 is 5.73 Å². The van der Waals surface area contributed by atoms with Gasteiger partial charge in [-0.3, -0.25) is 9.88 Å². The van der Waals surface area contributed by atoms with Crippen molar-refractivity contribution in [2.45, 2.75) is 32.9 Å². The van der Waals surface area contributed by atoms with E-state index in [0.29, 0.717) is 6.04 Å². The molecule has 0 aliphatic carbocycles. The van der Waals surface area contributed by atoms with Gasteiger partial charge in [-0.1, -0.05) is 0 Å². The number of nitrogens with zero attached hydrogens (tertiary/aromatic N) is 3. The van der Waals surface area contributed by atoms with Gasteiger partial charge < -0.3 is 5.73 Å². The van der Waals surface area contributed by atoms with E-state index in [9.17, 15) is 0 Å². The molecule has 0 fully saturated rings. The summed E-state index contributed by atoms with van der Waals surface area (Å²) in [5, 5.41) is 1.94. The summed E-state index contributed by atoms with van der Waals surface area (Å²) in [4.78, 5) is 12.8. The number of anilines is 1. The first-order chi connectivity index (χ1) is 10.6. The van der Waals surface area contributed by atoms with Gasteiger partial charge in [0, 0.05) is 35.8 Å². The van der Waals surface area contributed by atoms with Crippen molar-refractivity contribution in [3.05, 3.63) is 28.9 Å². The molecule has 0 saturated carbocycles. The molecule has 22 heavy (non-hydrogen) atoms. The Kier molecular flexibility index (Phi) is 3.40. The van der Waals surface area contributed by atoms with Gasteiger partial charge in [-0.15, -0.1) is 22.7 Å². The predicted molar refractivity (Wildman–Crippen MR) is 94.4 cm³/mol. The summed E-state index contributed by atoms with van der Waals surface area (Å²) < 4.78 is 1.17. The third-order valence-electron chi connectivity index (χ3n) is 4.25. The fourth-order valence-electron chi connectivity index (χ4n) is 3.01. The number of nitrogens with two attached hydrogens (primary N) is 1. The van der Waals surface area contributed by atoms with E-state index in [4.69, 9.17) is 10.7 Å². The van der Waals surface area contributed by atoms with Gasteiger partial charge in [-0.2, -0.15) is 0 Å². The van der Waals surface area contributed by atoms with E-state index in [-0.39, 0.29) is 0 Å². The molecule has 3 aromatic rings. The molecule has 0 unspecified atom stereocenters. The molecule has 0 bridgehead atoms. The zero-order valence-corrected chi connectivity index (χ0v) is 14.3. The van der Waals surface area contributed by atoms with E-state index in [0.717, 1.165) is 35.0 Å². The van der Waals surface area contributed by atoms with Gasteiger partial charge in [0.1, 0.15) is 10.5 Å². The topological polar surface area (TPSA) is 55.0 Å². The maximum Gasteiger partial charge on any atom is 0.127 e. The Morgan fingerprint density at radius 2 is 2.18 bits per heavy atom. The minimum Gasteiger partial charge on any atom is -0.390 e. The van der Waals surface area contributed by atoms with Crippen LogP contribution in [0.1, 0.15) is 24.3 Å². The molecule has 3 aromatic heterocycles. The van der Waals surface area contributed by atoms with E-state index >= 15 is 0 Å². The van der Waals surface area contributed by atoms with Crippen LogP contribution in [0.3, 0.4) is 0 Å². The van der Waals surface area contributed by atoms with E-state index in [1.807, 2.05) is 18.5 Å². The number of hydrogen-bond acceptors (Lipinski definition) is 6. The number of thiazole rings is 1. The third-order valence-corrected chi connectivity index (χ3v) is 6.35. The average molecular weight is 330 g/mol. The molecule has 0 aromatic carbocycles. The molecule has 0 saturated heterocycles. The summed E-state index contributed by atoms with van der Waals surface area (Å²) in [5.41, 5.74) is 9.89. The van der Waals surface area contributed by atoms with Crippen molar-refractivity contribution in [2.24, 2.45) is 0 Å². The first-order valence-electron chi connectivity index (χ1n) is 7.48. The molecule has 1 aliphatic heterocycles. The number of aromatic nitrogens is 2. The van der Waals surface area contributed by atoms with Crippen molar-refractivity contribution in [1.29, 1.82) is 0 Å². The highest BCUT2D eigenvalue weighted by molar-refractivity contribution is 7.22. The third kappa shape index (κ3) is 2.22. The minimum atomic E-state index is 0.577. The van der Waals surface area contributed by atoms with Crippen molar-refractivity contribution in [3.8, 4) is 10.6 Å². The lowest BCUT2D eigenvalue weighted by molar-refractivity contribution is 0.206. The summed E-state index contributed by atoms with van der Waals surface area (Å²) in [6, 6.07) is 2.60. The van der Waals surface area contributed by atoms with Crippen LogP contribution in [0.15, 0.2) is 18.5 Å². The van der Waals surface area contributed by atoms with Gasteiger partial charge in [0.05, 0.1) is 15.9 Å². The van der Waals surface area contributed by atoms with Crippen LogP contribution in [0.5, 0.6) is 0 Å². The number of thiophene rings is 1. The number of hydrogen-bond donors (Lipinski definition) is 1. The SMILES string of the molecule is CC(C)N1CCc2c(sc(N)c2-c2nc3cnccc3s2)C1. The molecule has 0 atom stereocenters. The van der Waals surface area contributed by atoms with Crippen molar-refractivity contribution in [1.82, 2.24) is 14.9 Å². The van der Waals surface area contributed by atoms with Gasteiger partial charge in [-0.05, 0) is 31.9 Å². The number of nitrogen functional groups attached to an aromatic ring is 1. The molecule has 114 valence electrons. The van der Waals surface area contributed by atoms with Crippen LogP contribution in [-0.4, -0.2) is 27.5 Å². The van der Waals surface area contributed by atoms with Gasteiger partial charge in [-0.25, -0.2) is 4.98 Å². The molecule has 4 heterocycles. The lowest BCUT2D eigenvalue weighted by atomic mass is 10.0. The van der Waals surface area contributed by atoms with E-state index in [2.05, 4.69) is 23.7 Å². The number of pyridine rings is 1. The second-order valence-electron chi connectivity index (χ2n) is 5.92. The molecular weight excluding hydrogens is 312 g/mol. The van der Waals surface area contributed by atoms with Gasteiger partial charge in [0.15, 0.2) is 0 Å². The van der Waals surface area contributed by atoms with Crippen LogP contribution in [0.25, 0.3) is 20.8 Å². The quantitative estimate of drug-likeness (QED) is 0.777. The largest absolute Gasteiger partial charge is 0.390 e. The monoisotopic (exact) mass is 330 g/mol. The zero-order chi connectivity index (χ0) is 15.3. The Morgan fingerprint density at radius 3 is 2.95 bits per heavy atom. The van der Waals surface area contributed by atoms with Gasteiger partial charge >= 0.3 is 0 Å². The molecule has 4 rings (SSSR count). The maximum absolute atomic E-state index is 6.35. The van der Waals surface area contributed by atoms with Crippen molar-refractivity contribution in [2.75, 3.05) is 12.3 Å². The fourth-order valence-corrected chi connectivity index (χ4v) is 5.24. The summed E-state index contributed by atoms with van der Waals surface area (Å²) in [6.07, 6.45) is 4.70. The molecule has 2 N–H and O–H groups in total. The Morgan fingerprint density at radius 1 is 1.32 bits per heavy atom. The molecular formula is C16H18N4S2. The maximum atomic E-state index is 6.35. The molecule has 0 radical (unpaired) electrons. The number of rotatable bonds is 2. The lowest BCUT2D eigenvalue weighted by Gasteiger charge is -2.30. The first-order valence-corrected chi connectivity index (χ1v) is 9.11. The molecule has 1 aliphatic rings. The summed E-state index contributed by atoms with van der Waals surface area (Å²) in [7, 11) is 0. The van der Waals surface area contributed by atoms with Crippen LogP contribution in [0.4, 0.5) is 5.00 Å². The number of fused-ring (bicyclic) bond motifs is 2. The lowest BCUT2D eigenvalue weighted by Crippen LogP contribution is -2.35. The Labute approximate surface area is 137 Å². The van der Waals surface area contributed by atoms with Crippen molar-refractivity contribution < 1.29 is 0 Å². The van der Waals surface area contributed by atoms with Crippen LogP contribution in [-0.2, 0) is 13.0 Å². The predicted octanol–water partition coefficient (Wildman–Crippen LogP) is 3.77. The van der Waals surface area contributed by atoms with Gasteiger partial charge in [0.25, 0.3) is 0 Å². The van der Waals surface area contributed by atoms with E-state index in [1.54, 1.807) is 22.7 Å². The highest BCUT2D eigenvalue weighted by atomic mass is 32.1. The van der Waals surface area contributed by atoms with Crippen LogP contribution in [0, 0.1) is 0 Å². The van der Waals surface area contributed by atoms with E-state index in [1.165, 1.54) is 20.7 Å². The average Bonchev–Trinajstić information content (AvgIpc) is 3.05. The van der Waals surface area contributed by atoms with Crippen LogP contribution >= 0.6 is 22.7 Å². The highest BCUT2D eigenvalue weighted by Crippen LogP contribution is 2.44. The molecule has 4 nitrogen and oxygen atoms in total. The molecule has 6 heteroatoms. The van der Waals surface area contributed by atoms with E-state index < -0.39 is 0 Å². The zero-order valence-electron chi connectivity index (χ0n) is 12.7. The fraction of sp³-hybridized carbons (Fsp3) is 0.375. The standard InChI is InChI=1S/C16H18N4S2/c1-9(2)20-6-4-10-13(8-20)21-15(17)14(10)16-19-11-7-18-5-3-12(11)22-16/h3,5,7,9H,4,6,8,17H2,1-2H3. The normalized spacial score (nSPS) is 15.6.